The molecule has 0 amide bonds. The molecule has 0 spiro atoms. The standard InChI is InChI=1S/C9H7BrF2O2/c10-6-1-2-7(9(12)8(6)11)14-4-5-3-13-5/h1-2,5H,3-4H2. The molecule has 2 nitrogen and oxygen atoms in total. The molecule has 0 aromatic heterocycles. The van der Waals surface area contributed by atoms with E-state index in [1.165, 1.54) is 12.1 Å². The SMILES string of the molecule is Fc1c(Br)ccc(OCC2CO2)c1F. The van der Waals surface area contributed by atoms with E-state index in [0.717, 1.165) is 0 Å². The van der Waals surface area contributed by atoms with Crippen LogP contribution in [0.3, 0.4) is 0 Å². The number of rotatable bonds is 3. The zero-order chi connectivity index (χ0) is 10.1. The van der Waals surface area contributed by atoms with Gasteiger partial charge in [0.15, 0.2) is 11.6 Å². The van der Waals surface area contributed by atoms with Gasteiger partial charge in [0.25, 0.3) is 0 Å². The van der Waals surface area contributed by atoms with Crippen LogP contribution in [0.1, 0.15) is 0 Å². The molecule has 2 rings (SSSR count). The topological polar surface area (TPSA) is 21.8 Å². The fourth-order valence-electron chi connectivity index (χ4n) is 0.967. The van der Waals surface area contributed by atoms with Gasteiger partial charge in [0.05, 0.1) is 11.1 Å². The summed E-state index contributed by atoms with van der Waals surface area (Å²) in [5, 5.41) is 0. The molecule has 1 aromatic rings. The van der Waals surface area contributed by atoms with E-state index in [1.807, 2.05) is 0 Å². The minimum atomic E-state index is -0.972. The van der Waals surface area contributed by atoms with Crippen LogP contribution in [0.2, 0.25) is 0 Å². The van der Waals surface area contributed by atoms with Gasteiger partial charge in [-0.05, 0) is 28.1 Å². The molecule has 0 saturated carbocycles. The lowest BCUT2D eigenvalue weighted by atomic mass is 10.3. The van der Waals surface area contributed by atoms with E-state index in [4.69, 9.17) is 9.47 Å². The number of ether oxygens (including phenoxy) is 2. The summed E-state index contributed by atoms with van der Waals surface area (Å²) in [6.07, 6.45) is 0.0288. The Balaban J connectivity index is 2.11. The average molecular weight is 265 g/mol. The number of epoxide rings is 1. The van der Waals surface area contributed by atoms with Gasteiger partial charge >= 0.3 is 0 Å². The maximum Gasteiger partial charge on any atom is 0.201 e. The molecule has 0 radical (unpaired) electrons. The highest BCUT2D eigenvalue weighted by Gasteiger charge is 2.24. The Morgan fingerprint density at radius 3 is 2.79 bits per heavy atom. The minimum Gasteiger partial charge on any atom is -0.488 e. The number of halogens is 3. The highest BCUT2D eigenvalue weighted by atomic mass is 79.9. The van der Waals surface area contributed by atoms with Crippen LogP contribution in [0.15, 0.2) is 16.6 Å². The van der Waals surface area contributed by atoms with Gasteiger partial charge in [0.1, 0.15) is 12.7 Å². The third-order valence-corrected chi connectivity index (χ3v) is 2.44. The first kappa shape index (κ1) is 9.86. The van der Waals surface area contributed by atoms with Gasteiger partial charge in [-0.25, -0.2) is 4.39 Å². The predicted octanol–water partition coefficient (Wildman–Crippen LogP) is 2.50. The predicted molar refractivity (Wildman–Crippen MR) is 49.3 cm³/mol. The Bertz CT molecular complexity index is 353. The van der Waals surface area contributed by atoms with Crippen molar-refractivity contribution in [3.8, 4) is 5.75 Å². The van der Waals surface area contributed by atoms with Gasteiger partial charge in [-0.3, -0.25) is 0 Å². The Kier molecular flexibility index (Phi) is 2.69. The molecule has 0 bridgehead atoms. The molecule has 0 aliphatic carbocycles. The molecule has 1 unspecified atom stereocenters. The second kappa shape index (κ2) is 3.82. The first-order valence-corrected chi connectivity index (χ1v) is 4.85. The fraction of sp³-hybridized carbons (Fsp3) is 0.333. The molecule has 1 saturated heterocycles. The van der Waals surface area contributed by atoms with Crippen molar-refractivity contribution in [3.05, 3.63) is 28.2 Å². The van der Waals surface area contributed by atoms with E-state index in [9.17, 15) is 8.78 Å². The van der Waals surface area contributed by atoms with Gasteiger partial charge in [-0.1, -0.05) is 0 Å². The zero-order valence-corrected chi connectivity index (χ0v) is 8.68. The van der Waals surface area contributed by atoms with Crippen molar-refractivity contribution < 1.29 is 18.3 Å². The van der Waals surface area contributed by atoms with Crippen molar-refractivity contribution in [1.82, 2.24) is 0 Å². The molecule has 1 fully saturated rings. The van der Waals surface area contributed by atoms with Crippen LogP contribution in [0, 0.1) is 11.6 Å². The van der Waals surface area contributed by atoms with Gasteiger partial charge < -0.3 is 9.47 Å². The Morgan fingerprint density at radius 1 is 1.43 bits per heavy atom. The molecule has 0 N–H and O–H groups in total. The number of hydrogen-bond donors (Lipinski definition) is 0. The Labute approximate surface area is 87.9 Å². The molecule has 14 heavy (non-hydrogen) atoms. The Hall–Kier alpha value is -0.680. The zero-order valence-electron chi connectivity index (χ0n) is 7.10. The maximum absolute atomic E-state index is 13.2. The van der Waals surface area contributed by atoms with E-state index < -0.39 is 11.6 Å². The molecule has 1 atom stereocenters. The highest BCUT2D eigenvalue weighted by molar-refractivity contribution is 9.10. The second-order valence-corrected chi connectivity index (χ2v) is 3.79. The summed E-state index contributed by atoms with van der Waals surface area (Å²) < 4.78 is 36.2. The molecule has 76 valence electrons. The quantitative estimate of drug-likeness (QED) is 0.618. The molecule has 1 aliphatic heterocycles. The minimum absolute atomic E-state index is 0.0288. The lowest BCUT2D eigenvalue weighted by molar-refractivity contribution is 0.250. The van der Waals surface area contributed by atoms with E-state index in [-0.39, 0.29) is 22.9 Å². The molecular formula is C9H7BrF2O2. The average Bonchev–Trinajstić information content (AvgIpc) is 2.97. The van der Waals surface area contributed by atoms with Crippen molar-refractivity contribution in [2.45, 2.75) is 6.10 Å². The van der Waals surface area contributed by atoms with Crippen LogP contribution in [0.25, 0.3) is 0 Å². The van der Waals surface area contributed by atoms with Gasteiger partial charge in [-0.2, -0.15) is 4.39 Å². The first-order valence-electron chi connectivity index (χ1n) is 4.06. The third-order valence-electron chi connectivity index (χ3n) is 1.83. The van der Waals surface area contributed by atoms with Crippen molar-refractivity contribution >= 4 is 15.9 Å². The first-order chi connectivity index (χ1) is 6.68. The van der Waals surface area contributed by atoms with Crippen LogP contribution in [0.5, 0.6) is 5.75 Å². The lowest BCUT2D eigenvalue weighted by Crippen LogP contribution is -2.06. The molecule has 1 aromatic carbocycles. The van der Waals surface area contributed by atoms with E-state index >= 15 is 0 Å². The summed E-state index contributed by atoms with van der Waals surface area (Å²) in [4.78, 5) is 0. The summed E-state index contributed by atoms with van der Waals surface area (Å²) in [5.74, 6) is -1.99. The highest BCUT2D eigenvalue weighted by Crippen LogP contribution is 2.26. The van der Waals surface area contributed by atoms with Crippen LogP contribution < -0.4 is 4.74 Å². The largest absolute Gasteiger partial charge is 0.488 e. The summed E-state index contributed by atoms with van der Waals surface area (Å²) in [6.45, 7) is 0.888. The van der Waals surface area contributed by atoms with E-state index in [0.29, 0.717) is 6.61 Å². The van der Waals surface area contributed by atoms with Gasteiger partial charge in [0, 0.05) is 0 Å². The molecule has 1 heterocycles. The van der Waals surface area contributed by atoms with Crippen LogP contribution in [-0.4, -0.2) is 19.3 Å². The molecule has 1 aliphatic rings. The number of hydrogen-bond acceptors (Lipinski definition) is 2. The summed E-state index contributed by atoms with van der Waals surface area (Å²) in [7, 11) is 0. The van der Waals surface area contributed by atoms with Crippen molar-refractivity contribution in [2.75, 3.05) is 13.2 Å². The maximum atomic E-state index is 13.2. The van der Waals surface area contributed by atoms with Crippen LogP contribution >= 0.6 is 15.9 Å². The fourth-order valence-corrected chi connectivity index (χ4v) is 1.27. The summed E-state index contributed by atoms with van der Waals surface area (Å²) in [6, 6.07) is 2.78. The van der Waals surface area contributed by atoms with Crippen molar-refractivity contribution in [3.63, 3.8) is 0 Å². The smallest absolute Gasteiger partial charge is 0.201 e. The summed E-state index contributed by atoms with van der Waals surface area (Å²) >= 11 is 2.88. The van der Waals surface area contributed by atoms with Crippen molar-refractivity contribution in [1.29, 1.82) is 0 Å². The lowest BCUT2D eigenvalue weighted by Gasteiger charge is -2.06. The third kappa shape index (κ3) is 2.04. The normalized spacial score (nSPS) is 19.5. The van der Waals surface area contributed by atoms with Gasteiger partial charge in [0.2, 0.25) is 5.82 Å². The monoisotopic (exact) mass is 264 g/mol. The van der Waals surface area contributed by atoms with Crippen molar-refractivity contribution in [2.24, 2.45) is 0 Å². The molecular weight excluding hydrogens is 258 g/mol. The summed E-state index contributed by atoms with van der Waals surface area (Å²) in [5.41, 5.74) is 0. The molecule has 5 heteroatoms. The number of benzene rings is 1. The van der Waals surface area contributed by atoms with Crippen LogP contribution in [-0.2, 0) is 4.74 Å². The van der Waals surface area contributed by atoms with E-state index in [1.54, 1.807) is 0 Å². The van der Waals surface area contributed by atoms with Gasteiger partial charge in [-0.15, -0.1) is 0 Å². The second-order valence-electron chi connectivity index (χ2n) is 2.94. The van der Waals surface area contributed by atoms with Crippen LogP contribution in [0.4, 0.5) is 8.78 Å². The Morgan fingerprint density at radius 2 is 2.14 bits per heavy atom. The van der Waals surface area contributed by atoms with E-state index in [2.05, 4.69) is 15.9 Å².